The van der Waals surface area contributed by atoms with Gasteiger partial charge in [0.15, 0.2) is 0 Å². The summed E-state index contributed by atoms with van der Waals surface area (Å²) < 4.78 is 26.7. The van der Waals surface area contributed by atoms with E-state index >= 15 is 0 Å². The number of amides is 2. The zero-order valence-corrected chi connectivity index (χ0v) is 14.3. The maximum Gasteiger partial charge on any atom is 0.253 e. The van der Waals surface area contributed by atoms with E-state index < -0.39 is 0 Å². The first kappa shape index (κ1) is 18.0. The number of hydrogen-bond acceptors (Lipinski definition) is 2. The molecule has 26 heavy (non-hydrogen) atoms. The van der Waals surface area contributed by atoms with E-state index in [2.05, 4.69) is 0 Å². The molecule has 2 aromatic carbocycles. The van der Waals surface area contributed by atoms with Crippen LogP contribution in [0, 0.1) is 11.6 Å². The topological polar surface area (TPSA) is 40.6 Å². The number of carbonyl (C=O) groups is 2. The van der Waals surface area contributed by atoms with E-state index in [1.165, 1.54) is 30.3 Å². The third-order valence-corrected chi connectivity index (χ3v) is 4.53. The highest BCUT2D eigenvalue weighted by Gasteiger charge is 2.23. The second-order valence-electron chi connectivity index (χ2n) is 6.30. The Bertz CT molecular complexity index is 793. The first-order chi connectivity index (χ1) is 12.5. The van der Waals surface area contributed by atoms with Crippen LogP contribution in [0.25, 0.3) is 0 Å². The van der Waals surface area contributed by atoms with Gasteiger partial charge in [0.25, 0.3) is 5.91 Å². The zero-order chi connectivity index (χ0) is 18.5. The summed E-state index contributed by atoms with van der Waals surface area (Å²) >= 11 is 0. The lowest BCUT2D eigenvalue weighted by Crippen LogP contribution is -2.38. The molecule has 0 aliphatic carbocycles. The number of halogens is 2. The molecule has 0 N–H and O–H groups in total. The van der Waals surface area contributed by atoms with Gasteiger partial charge in [0, 0.05) is 31.7 Å². The molecule has 1 saturated heterocycles. The fourth-order valence-electron chi connectivity index (χ4n) is 3.06. The molecule has 0 aromatic heterocycles. The number of hydrogen-bond donors (Lipinski definition) is 0. The number of nitrogens with zero attached hydrogens (tertiary/aromatic N) is 2. The highest BCUT2D eigenvalue weighted by Crippen LogP contribution is 2.13. The largest absolute Gasteiger partial charge is 0.341 e. The average molecular weight is 358 g/mol. The predicted molar refractivity (Wildman–Crippen MR) is 93.6 cm³/mol. The van der Waals surface area contributed by atoms with Crippen LogP contribution in [0.15, 0.2) is 48.5 Å². The molecular formula is C20H20F2N2O2. The average Bonchev–Trinajstić information content (AvgIpc) is 2.90. The normalized spacial score (nSPS) is 14.8. The Morgan fingerprint density at radius 3 is 2.23 bits per heavy atom. The van der Waals surface area contributed by atoms with Crippen molar-refractivity contribution in [1.29, 1.82) is 0 Å². The van der Waals surface area contributed by atoms with Crippen molar-refractivity contribution in [2.24, 2.45) is 0 Å². The summed E-state index contributed by atoms with van der Waals surface area (Å²) in [5.41, 5.74) is 0.804. The van der Waals surface area contributed by atoms with E-state index in [-0.39, 0.29) is 29.9 Å². The number of carbonyl (C=O) groups excluding carboxylic acids is 2. The summed E-state index contributed by atoms with van der Waals surface area (Å²) in [4.78, 5) is 28.3. The van der Waals surface area contributed by atoms with Crippen LogP contribution < -0.4 is 0 Å². The summed E-state index contributed by atoms with van der Waals surface area (Å²) in [6.07, 6.45) is 0.661. The summed E-state index contributed by atoms with van der Waals surface area (Å²) in [5.74, 6) is -1.09. The monoisotopic (exact) mass is 358 g/mol. The molecule has 0 radical (unpaired) electrons. The Hall–Kier alpha value is -2.76. The molecule has 1 aliphatic heterocycles. The molecular weight excluding hydrogens is 338 g/mol. The fourth-order valence-corrected chi connectivity index (χ4v) is 3.06. The molecule has 6 heteroatoms. The van der Waals surface area contributed by atoms with Gasteiger partial charge < -0.3 is 9.80 Å². The Labute approximate surface area is 151 Å². The molecule has 1 heterocycles. The minimum atomic E-state index is -0.387. The molecule has 1 aliphatic rings. The lowest BCUT2D eigenvalue weighted by molar-refractivity contribution is -0.130. The lowest BCUT2D eigenvalue weighted by Gasteiger charge is -2.22. The molecule has 0 atom stereocenters. The van der Waals surface area contributed by atoms with Gasteiger partial charge in [-0.1, -0.05) is 18.2 Å². The van der Waals surface area contributed by atoms with Gasteiger partial charge in [-0.15, -0.1) is 0 Å². The third-order valence-electron chi connectivity index (χ3n) is 4.53. The van der Waals surface area contributed by atoms with Crippen molar-refractivity contribution in [3.8, 4) is 0 Å². The van der Waals surface area contributed by atoms with Gasteiger partial charge in [0.2, 0.25) is 5.91 Å². The van der Waals surface area contributed by atoms with Gasteiger partial charge in [0.1, 0.15) is 11.6 Å². The van der Waals surface area contributed by atoms with Crippen LogP contribution >= 0.6 is 0 Å². The molecule has 0 unspecified atom stereocenters. The molecule has 0 spiro atoms. The van der Waals surface area contributed by atoms with Crippen molar-refractivity contribution in [2.75, 3.05) is 26.2 Å². The van der Waals surface area contributed by atoms with Gasteiger partial charge in [0.05, 0.1) is 6.42 Å². The van der Waals surface area contributed by atoms with Crippen molar-refractivity contribution < 1.29 is 18.4 Å². The fraction of sp³-hybridized carbons (Fsp3) is 0.300. The van der Waals surface area contributed by atoms with Crippen LogP contribution in [0.4, 0.5) is 8.78 Å². The molecule has 0 bridgehead atoms. The van der Waals surface area contributed by atoms with Crippen LogP contribution in [0.3, 0.4) is 0 Å². The highest BCUT2D eigenvalue weighted by atomic mass is 19.1. The molecule has 4 nitrogen and oxygen atoms in total. The molecule has 0 saturated carbocycles. The van der Waals surface area contributed by atoms with Crippen molar-refractivity contribution in [3.63, 3.8) is 0 Å². The number of rotatable bonds is 3. The van der Waals surface area contributed by atoms with Crippen LogP contribution in [0.1, 0.15) is 22.3 Å². The molecule has 2 aromatic rings. The Morgan fingerprint density at radius 1 is 0.846 bits per heavy atom. The second-order valence-corrected chi connectivity index (χ2v) is 6.30. The maximum absolute atomic E-state index is 13.7. The Morgan fingerprint density at radius 2 is 1.50 bits per heavy atom. The smallest absolute Gasteiger partial charge is 0.253 e. The minimum Gasteiger partial charge on any atom is -0.341 e. The Kier molecular flexibility index (Phi) is 5.61. The molecule has 2 amide bonds. The van der Waals surface area contributed by atoms with E-state index in [1.807, 2.05) is 0 Å². The van der Waals surface area contributed by atoms with E-state index in [0.717, 1.165) is 0 Å². The molecule has 136 valence electrons. The lowest BCUT2D eigenvalue weighted by atomic mass is 10.1. The van der Waals surface area contributed by atoms with Crippen molar-refractivity contribution in [2.45, 2.75) is 12.8 Å². The van der Waals surface area contributed by atoms with Crippen LogP contribution in [-0.4, -0.2) is 47.8 Å². The van der Waals surface area contributed by atoms with E-state index in [4.69, 9.17) is 0 Å². The summed E-state index contributed by atoms with van der Waals surface area (Å²) in [7, 11) is 0. The maximum atomic E-state index is 13.7. The van der Waals surface area contributed by atoms with Gasteiger partial charge in [-0.3, -0.25) is 9.59 Å². The van der Waals surface area contributed by atoms with Crippen molar-refractivity contribution >= 4 is 11.8 Å². The standard InChI is InChI=1S/C20H20F2N2O2/c21-17-8-6-15(7-9-17)20(26)24-11-3-10-23(12-13-24)19(25)14-16-4-1-2-5-18(16)22/h1-2,4-9H,3,10-14H2. The van der Waals surface area contributed by atoms with E-state index in [0.29, 0.717) is 43.7 Å². The van der Waals surface area contributed by atoms with Crippen LogP contribution in [0.2, 0.25) is 0 Å². The number of benzene rings is 2. The van der Waals surface area contributed by atoms with Gasteiger partial charge >= 0.3 is 0 Å². The minimum absolute atomic E-state index is 0.0125. The second kappa shape index (κ2) is 8.08. The molecule has 1 fully saturated rings. The van der Waals surface area contributed by atoms with E-state index in [1.54, 1.807) is 28.0 Å². The first-order valence-corrected chi connectivity index (χ1v) is 8.60. The third kappa shape index (κ3) is 4.25. The summed E-state index contributed by atoms with van der Waals surface area (Å²) in [5, 5.41) is 0. The quantitative estimate of drug-likeness (QED) is 0.847. The van der Waals surface area contributed by atoms with Crippen LogP contribution in [0.5, 0.6) is 0 Å². The van der Waals surface area contributed by atoms with Gasteiger partial charge in [-0.05, 0) is 42.3 Å². The SMILES string of the molecule is O=C(Cc1ccccc1F)N1CCCN(C(=O)c2ccc(F)cc2)CC1. The van der Waals surface area contributed by atoms with Crippen molar-refractivity contribution in [3.05, 3.63) is 71.3 Å². The van der Waals surface area contributed by atoms with Crippen LogP contribution in [-0.2, 0) is 11.2 Å². The summed E-state index contributed by atoms with van der Waals surface area (Å²) in [6, 6.07) is 11.7. The predicted octanol–water partition coefficient (Wildman–Crippen LogP) is 2.88. The zero-order valence-electron chi connectivity index (χ0n) is 14.3. The van der Waals surface area contributed by atoms with Crippen molar-refractivity contribution in [1.82, 2.24) is 9.80 Å². The van der Waals surface area contributed by atoms with Gasteiger partial charge in [-0.25, -0.2) is 8.78 Å². The highest BCUT2D eigenvalue weighted by molar-refractivity contribution is 5.94. The summed E-state index contributed by atoms with van der Waals surface area (Å²) in [6.45, 7) is 1.86. The Balaban J connectivity index is 1.61. The molecule has 3 rings (SSSR count). The van der Waals surface area contributed by atoms with E-state index in [9.17, 15) is 18.4 Å². The first-order valence-electron chi connectivity index (χ1n) is 8.60. The van der Waals surface area contributed by atoms with Gasteiger partial charge in [-0.2, -0.15) is 0 Å².